The lowest BCUT2D eigenvalue weighted by Crippen LogP contribution is -2.33. The number of nitrogens with one attached hydrogen (secondary N) is 1. The zero-order valence-corrected chi connectivity index (χ0v) is 11.8. The summed E-state index contributed by atoms with van der Waals surface area (Å²) in [6.45, 7) is 3.72. The largest absolute Gasteiger partial charge is 0.507 e. The van der Waals surface area contributed by atoms with Gasteiger partial charge in [-0.25, -0.2) is 0 Å². The number of aromatic hydroxyl groups is 1. The van der Waals surface area contributed by atoms with Crippen molar-refractivity contribution in [1.82, 2.24) is 5.32 Å². The molecule has 0 radical (unpaired) electrons. The molecule has 0 unspecified atom stereocenters. The van der Waals surface area contributed by atoms with Crippen molar-refractivity contribution in [1.29, 1.82) is 5.26 Å². The zero-order valence-electron chi connectivity index (χ0n) is 9.62. The van der Waals surface area contributed by atoms with Gasteiger partial charge in [-0.1, -0.05) is 0 Å². The van der Waals surface area contributed by atoms with E-state index in [0.29, 0.717) is 0 Å². The molecule has 1 aromatic carbocycles. The number of benzene rings is 1. The summed E-state index contributed by atoms with van der Waals surface area (Å²) in [5.74, 6) is -0.429. The van der Waals surface area contributed by atoms with Crippen molar-refractivity contribution in [2.75, 3.05) is 6.54 Å². The van der Waals surface area contributed by atoms with Crippen LogP contribution in [0, 0.1) is 20.3 Å². The van der Waals surface area contributed by atoms with Crippen LogP contribution in [0.25, 0.3) is 0 Å². The molecule has 0 saturated heterocycles. The molecule has 0 atom stereocenters. The molecule has 0 aliphatic heterocycles. The van der Waals surface area contributed by atoms with Crippen LogP contribution in [0.1, 0.15) is 24.2 Å². The molecule has 0 aromatic heterocycles. The molecule has 0 heterocycles. The van der Waals surface area contributed by atoms with Gasteiger partial charge in [-0.3, -0.25) is 4.79 Å². The highest BCUT2D eigenvalue weighted by Gasteiger charge is 2.19. The van der Waals surface area contributed by atoms with E-state index in [-0.39, 0.29) is 23.8 Å². The molecule has 1 rings (SSSR count). The van der Waals surface area contributed by atoms with Crippen LogP contribution in [0.5, 0.6) is 5.75 Å². The SMILES string of the molecule is CC(C)(C#N)CNC(=O)c1cc(I)ccc1O. The van der Waals surface area contributed by atoms with Gasteiger partial charge in [-0.15, -0.1) is 0 Å². The molecule has 5 heteroatoms. The van der Waals surface area contributed by atoms with Crippen LogP contribution in [0.2, 0.25) is 0 Å². The van der Waals surface area contributed by atoms with E-state index < -0.39 is 5.41 Å². The smallest absolute Gasteiger partial charge is 0.255 e. The number of rotatable bonds is 3. The number of phenolic OH excluding ortho intramolecular Hbond substituents is 1. The van der Waals surface area contributed by atoms with Crippen LogP contribution >= 0.6 is 22.6 Å². The second kappa shape index (κ2) is 5.36. The summed E-state index contributed by atoms with van der Waals surface area (Å²) in [5, 5.41) is 21.0. The minimum absolute atomic E-state index is 0.0577. The average molecular weight is 344 g/mol. The lowest BCUT2D eigenvalue weighted by atomic mass is 9.96. The molecule has 4 nitrogen and oxygen atoms in total. The summed E-state index contributed by atoms with van der Waals surface area (Å²) in [5.41, 5.74) is -0.390. The summed E-state index contributed by atoms with van der Waals surface area (Å²) >= 11 is 2.06. The van der Waals surface area contributed by atoms with Crippen LogP contribution in [0.15, 0.2) is 18.2 Å². The quantitative estimate of drug-likeness (QED) is 0.827. The maximum Gasteiger partial charge on any atom is 0.255 e. The maximum atomic E-state index is 11.8. The van der Waals surface area contributed by atoms with Crippen molar-refractivity contribution in [3.8, 4) is 11.8 Å². The van der Waals surface area contributed by atoms with Gasteiger partial charge in [0.05, 0.1) is 17.0 Å². The fourth-order valence-corrected chi connectivity index (χ4v) is 1.62. The van der Waals surface area contributed by atoms with Gasteiger partial charge in [0.2, 0.25) is 0 Å². The Morgan fingerprint density at radius 3 is 2.82 bits per heavy atom. The predicted molar refractivity (Wildman–Crippen MR) is 72.6 cm³/mol. The number of hydrogen-bond donors (Lipinski definition) is 2. The van der Waals surface area contributed by atoms with Gasteiger partial charge in [-0.05, 0) is 54.6 Å². The molecule has 1 amide bonds. The number of amides is 1. The molecule has 0 spiro atoms. The first kappa shape index (κ1) is 13.8. The second-order valence-electron chi connectivity index (χ2n) is 4.34. The van der Waals surface area contributed by atoms with Gasteiger partial charge in [0.15, 0.2) is 0 Å². The van der Waals surface area contributed by atoms with Crippen molar-refractivity contribution in [3.05, 3.63) is 27.3 Å². The standard InChI is InChI=1S/C12H13IN2O2/c1-12(2,6-14)7-15-11(17)9-5-8(13)3-4-10(9)16/h3-5,16H,7H2,1-2H3,(H,15,17). The van der Waals surface area contributed by atoms with E-state index in [1.165, 1.54) is 6.07 Å². The number of nitrogens with zero attached hydrogens (tertiary/aromatic N) is 1. The van der Waals surface area contributed by atoms with Crippen molar-refractivity contribution < 1.29 is 9.90 Å². The van der Waals surface area contributed by atoms with E-state index >= 15 is 0 Å². The molecule has 90 valence electrons. The molecule has 2 N–H and O–H groups in total. The fourth-order valence-electron chi connectivity index (χ4n) is 1.13. The fraction of sp³-hybridized carbons (Fsp3) is 0.333. The second-order valence-corrected chi connectivity index (χ2v) is 5.59. The Morgan fingerprint density at radius 1 is 1.59 bits per heavy atom. The Bertz CT molecular complexity index is 478. The molecule has 1 aromatic rings. The number of halogens is 1. The summed E-state index contributed by atoms with van der Waals surface area (Å²) in [6, 6.07) is 6.89. The molecular formula is C12H13IN2O2. The number of nitriles is 1. The molecular weight excluding hydrogens is 331 g/mol. The Labute approximate surface area is 114 Å². The Morgan fingerprint density at radius 2 is 2.24 bits per heavy atom. The van der Waals surface area contributed by atoms with Crippen LogP contribution in [0.3, 0.4) is 0 Å². The molecule has 0 aliphatic rings. The van der Waals surface area contributed by atoms with Crippen molar-refractivity contribution in [2.24, 2.45) is 5.41 Å². The molecule has 17 heavy (non-hydrogen) atoms. The van der Waals surface area contributed by atoms with E-state index in [0.717, 1.165) is 3.57 Å². The van der Waals surface area contributed by atoms with E-state index in [1.807, 2.05) is 0 Å². The topological polar surface area (TPSA) is 73.1 Å². The van der Waals surface area contributed by atoms with Crippen LogP contribution in [0.4, 0.5) is 0 Å². The minimum Gasteiger partial charge on any atom is -0.507 e. The van der Waals surface area contributed by atoms with Gasteiger partial charge in [0.25, 0.3) is 5.91 Å². The molecule has 0 saturated carbocycles. The van der Waals surface area contributed by atoms with Crippen molar-refractivity contribution in [3.63, 3.8) is 0 Å². The number of carbonyl (C=O) groups is 1. The third-order valence-electron chi connectivity index (χ3n) is 2.20. The number of hydrogen-bond acceptors (Lipinski definition) is 3. The van der Waals surface area contributed by atoms with E-state index in [2.05, 4.69) is 34.0 Å². The summed E-state index contributed by atoms with van der Waals surface area (Å²) in [6.07, 6.45) is 0. The van der Waals surface area contributed by atoms with Crippen molar-refractivity contribution in [2.45, 2.75) is 13.8 Å². The zero-order chi connectivity index (χ0) is 13.1. The van der Waals surface area contributed by atoms with Gasteiger partial charge >= 0.3 is 0 Å². The monoisotopic (exact) mass is 344 g/mol. The third-order valence-corrected chi connectivity index (χ3v) is 2.87. The molecule has 0 fully saturated rings. The highest BCUT2D eigenvalue weighted by atomic mass is 127. The number of carbonyl (C=O) groups excluding carboxylic acids is 1. The first-order valence-corrected chi connectivity index (χ1v) is 6.11. The number of phenols is 1. The summed E-state index contributed by atoms with van der Waals surface area (Å²) < 4.78 is 0.866. The lowest BCUT2D eigenvalue weighted by Gasteiger charge is -2.16. The van der Waals surface area contributed by atoms with Crippen LogP contribution in [-0.4, -0.2) is 17.6 Å². The highest BCUT2D eigenvalue weighted by molar-refractivity contribution is 14.1. The van der Waals surface area contributed by atoms with Crippen LogP contribution in [-0.2, 0) is 0 Å². The van der Waals surface area contributed by atoms with Gasteiger partial charge < -0.3 is 10.4 Å². The summed E-state index contributed by atoms with van der Waals surface area (Å²) in [7, 11) is 0. The molecule has 0 aliphatic carbocycles. The highest BCUT2D eigenvalue weighted by Crippen LogP contribution is 2.20. The van der Waals surface area contributed by atoms with E-state index in [9.17, 15) is 9.90 Å². The Kier molecular flexibility index (Phi) is 4.34. The first-order valence-electron chi connectivity index (χ1n) is 5.04. The summed E-state index contributed by atoms with van der Waals surface area (Å²) in [4.78, 5) is 11.8. The van der Waals surface area contributed by atoms with Gasteiger partial charge in [-0.2, -0.15) is 5.26 Å². The maximum absolute atomic E-state index is 11.8. The van der Waals surface area contributed by atoms with Crippen LogP contribution < -0.4 is 5.32 Å². The Balaban J connectivity index is 2.78. The molecule has 0 bridgehead atoms. The normalized spacial score (nSPS) is 10.7. The van der Waals surface area contributed by atoms with Crippen molar-refractivity contribution >= 4 is 28.5 Å². The lowest BCUT2D eigenvalue weighted by molar-refractivity contribution is 0.0941. The third kappa shape index (κ3) is 3.89. The first-order chi connectivity index (χ1) is 7.85. The van der Waals surface area contributed by atoms with E-state index in [1.54, 1.807) is 26.0 Å². The van der Waals surface area contributed by atoms with Gasteiger partial charge in [0.1, 0.15) is 5.75 Å². The van der Waals surface area contributed by atoms with Gasteiger partial charge in [0, 0.05) is 10.1 Å². The minimum atomic E-state index is -0.618. The van der Waals surface area contributed by atoms with E-state index in [4.69, 9.17) is 5.26 Å². The predicted octanol–water partition coefficient (Wildman–Crippen LogP) is 2.28. The average Bonchev–Trinajstić information content (AvgIpc) is 2.29. The Hall–Kier alpha value is -1.29.